The van der Waals surface area contributed by atoms with Crippen LogP contribution in [0.2, 0.25) is 5.02 Å². The lowest BCUT2D eigenvalue weighted by molar-refractivity contribution is -0.384. The molecule has 25 heavy (non-hydrogen) atoms. The van der Waals surface area contributed by atoms with Crippen LogP contribution in [0.25, 0.3) is 0 Å². The van der Waals surface area contributed by atoms with Crippen molar-refractivity contribution in [3.63, 3.8) is 0 Å². The van der Waals surface area contributed by atoms with Crippen LogP contribution in [0.3, 0.4) is 0 Å². The molecule has 1 unspecified atom stereocenters. The van der Waals surface area contributed by atoms with Crippen molar-refractivity contribution in [1.82, 2.24) is 5.32 Å². The number of anilines is 1. The topological polar surface area (TPSA) is 114 Å². The summed E-state index contributed by atoms with van der Waals surface area (Å²) in [6.45, 7) is 0. The Balaban J connectivity index is 1.79. The SMILES string of the molecule is O=C(NC1C=Nc2ccc([N+](=O)[O-])cc2NC1=O)c1ccc(Cl)cc1. The van der Waals surface area contributed by atoms with E-state index in [9.17, 15) is 19.7 Å². The van der Waals surface area contributed by atoms with E-state index in [1.54, 1.807) is 12.1 Å². The second-order valence-electron chi connectivity index (χ2n) is 5.18. The highest BCUT2D eigenvalue weighted by atomic mass is 35.5. The molecule has 2 amide bonds. The minimum Gasteiger partial charge on any atom is -0.336 e. The molecule has 2 aromatic carbocycles. The monoisotopic (exact) mass is 358 g/mol. The van der Waals surface area contributed by atoms with Crippen LogP contribution in [0.15, 0.2) is 47.5 Å². The Morgan fingerprint density at radius 3 is 2.64 bits per heavy atom. The van der Waals surface area contributed by atoms with Gasteiger partial charge in [0.15, 0.2) is 0 Å². The Morgan fingerprint density at radius 2 is 1.96 bits per heavy atom. The second-order valence-corrected chi connectivity index (χ2v) is 5.62. The molecule has 8 nitrogen and oxygen atoms in total. The predicted molar refractivity (Wildman–Crippen MR) is 92.6 cm³/mol. The highest BCUT2D eigenvalue weighted by Crippen LogP contribution is 2.30. The van der Waals surface area contributed by atoms with E-state index in [0.717, 1.165) is 0 Å². The molecule has 0 bridgehead atoms. The van der Waals surface area contributed by atoms with Crippen molar-refractivity contribution < 1.29 is 14.5 Å². The maximum Gasteiger partial charge on any atom is 0.271 e. The third-order valence-electron chi connectivity index (χ3n) is 3.49. The Hall–Kier alpha value is -3.26. The smallest absolute Gasteiger partial charge is 0.271 e. The summed E-state index contributed by atoms with van der Waals surface area (Å²) in [7, 11) is 0. The van der Waals surface area contributed by atoms with Crippen molar-refractivity contribution in [3.05, 3.63) is 63.2 Å². The largest absolute Gasteiger partial charge is 0.336 e. The van der Waals surface area contributed by atoms with Crippen LogP contribution < -0.4 is 10.6 Å². The standard InChI is InChI=1S/C16H11ClN4O4/c17-10-3-1-9(2-4-10)15(22)20-14-8-18-12-6-5-11(21(24)25)7-13(12)19-16(14)23/h1-8,14H,(H,19,23)(H,20,22). The number of halogens is 1. The Morgan fingerprint density at radius 1 is 1.24 bits per heavy atom. The first-order valence-corrected chi connectivity index (χ1v) is 7.52. The third kappa shape index (κ3) is 3.64. The minimum absolute atomic E-state index is 0.169. The molecule has 0 fully saturated rings. The van der Waals surface area contributed by atoms with E-state index >= 15 is 0 Å². The van der Waals surface area contributed by atoms with Crippen molar-refractivity contribution in [2.75, 3.05) is 5.32 Å². The van der Waals surface area contributed by atoms with Crippen molar-refractivity contribution in [3.8, 4) is 0 Å². The third-order valence-corrected chi connectivity index (χ3v) is 3.74. The summed E-state index contributed by atoms with van der Waals surface area (Å²) in [6, 6.07) is 9.09. The molecule has 3 rings (SSSR count). The molecule has 1 aliphatic heterocycles. The number of rotatable bonds is 3. The Labute approximate surface area is 146 Å². The van der Waals surface area contributed by atoms with Crippen LogP contribution in [-0.2, 0) is 4.79 Å². The molecule has 0 saturated carbocycles. The van der Waals surface area contributed by atoms with Gasteiger partial charge in [0, 0.05) is 28.9 Å². The summed E-state index contributed by atoms with van der Waals surface area (Å²) in [5.74, 6) is -1.02. The van der Waals surface area contributed by atoms with Gasteiger partial charge in [-0.2, -0.15) is 0 Å². The highest BCUT2D eigenvalue weighted by molar-refractivity contribution is 6.30. The molecule has 0 radical (unpaired) electrons. The van der Waals surface area contributed by atoms with Crippen LogP contribution in [0.1, 0.15) is 10.4 Å². The van der Waals surface area contributed by atoms with Gasteiger partial charge in [0.1, 0.15) is 6.04 Å². The molecule has 1 aliphatic rings. The number of amides is 2. The Kier molecular flexibility index (Phi) is 4.44. The van der Waals surface area contributed by atoms with E-state index in [-0.39, 0.29) is 11.4 Å². The molecule has 9 heteroatoms. The van der Waals surface area contributed by atoms with Crippen molar-refractivity contribution >= 4 is 46.7 Å². The summed E-state index contributed by atoms with van der Waals surface area (Å²) < 4.78 is 0. The zero-order valence-electron chi connectivity index (χ0n) is 12.6. The lowest BCUT2D eigenvalue weighted by atomic mass is 10.2. The van der Waals surface area contributed by atoms with Gasteiger partial charge in [-0.3, -0.25) is 24.7 Å². The van der Waals surface area contributed by atoms with Crippen LogP contribution in [0.4, 0.5) is 17.1 Å². The van der Waals surface area contributed by atoms with Crippen LogP contribution in [-0.4, -0.2) is 29.0 Å². The molecule has 0 aliphatic carbocycles. The number of benzene rings is 2. The fourth-order valence-electron chi connectivity index (χ4n) is 2.21. The number of hydrogen-bond acceptors (Lipinski definition) is 5. The molecule has 1 atom stereocenters. The van der Waals surface area contributed by atoms with E-state index < -0.39 is 22.8 Å². The molecule has 0 aromatic heterocycles. The first-order chi connectivity index (χ1) is 11.9. The Bertz CT molecular complexity index is 896. The van der Waals surface area contributed by atoms with Crippen LogP contribution >= 0.6 is 11.6 Å². The molecular weight excluding hydrogens is 348 g/mol. The number of nitrogens with one attached hydrogen (secondary N) is 2. The first kappa shape index (κ1) is 16.6. The highest BCUT2D eigenvalue weighted by Gasteiger charge is 2.24. The number of carbonyl (C=O) groups excluding carboxylic acids is 2. The minimum atomic E-state index is -1.02. The number of aliphatic imine (C=N–C) groups is 1. The number of fused-ring (bicyclic) bond motifs is 1. The van der Waals surface area contributed by atoms with Gasteiger partial charge in [0.2, 0.25) is 0 Å². The number of nitrogens with zero attached hydrogens (tertiary/aromatic N) is 2. The van der Waals surface area contributed by atoms with Gasteiger partial charge in [-0.1, -0.05) is 11.6 Å². The fraction of sp³-hybridized carbons (Fsp3) is 0.0625. The molecular formula is C16H11ClN4O4. The van der Waals surface area contributed by atoms with E-state index in [1.165, 1.54) is 36.5 Å². The molecule has 0 saturated heterocycles. The summed E-state index contributed by atoms with van der Waals surface area (Å²) in [5.41, 5.74) is 0.738. The quantitative estimate of drug-likeness (QED) is 0.648. The maximum absolute atomic E-state index is 12.3. The van der Waals surface area contributed by atoms with Gasteiger partial charge < -0.3 is 10.6 Å². The zero-order valence-corrected chi connectivity index (χ0v) is 13.4. The molecule has 126 valence electrons. The normalized spacial score (nSPS) is 15.7. The number of hydrogen-bond donors (Lipinski definition) is 2. The first-order valence-electron chi connectivity index (χ1n) is 7.14. The lowest BCUT2D eigenvalue weighted by Crippen LogP contribution is -2.44. The number of carbonyl (C=O) groups is 2. The van der Waals surface area contributed by atoms with Gasteiger partial charge in [0.05, 0.1) is 16.3 Å². The maximum atomic E-state index is 12.3. The predicted octanol–water partition coefficient (Wildman–Crippen LogP) is 2.70. The van der Waals surface area contributed by atoms with Crippen molar-refractivity contribution in [2.45, 2.75) is 6.04 Å². The molecule has 2 N–H and O–H groups in total. The fourth-order valence-corrected chi connectivity index (χ4v) is 2.34. The van der Waals surface area contributed by atoms with Crippen molar-refractivity contribution in [2.24, 2.45) is 4.99 Å². The summed E-state index contributed by atoms with van der Waals surface area (Å²) in [4.78, 5) is 38.9. The van der Waals surface area contributed by atoms with Crippen LogP contribution in [0.5, 0.6) is 0 Å². The van der Waals surface area contributed by atoms with Gasteiger partial charge in [-0.15, -0.1) is 0 Å². The van der Waals surface area contributed by atoms with Crippen LogP contribution in [0, 0.1) is 10.1 Å². The summed E-state index contributed by atoms with van der Waals surface area (Å²) >= 11 is 5.77. The van der Waals surface area contributed by atoms with Gasteiger partial charge in [-0.25, -0.2) is 0 Å². The van der Waals surface area contributed by atoms with Gasteiger partial charge >= 0.3 is 0 Å². The lowest BCUT2D eigenvalue weighted by Gasteiger charge is -2.12. The zero-order chi connectivity index (χ0) is 18.0. The van der Waals surface area contributed by atoms with E-state index in [2.05, 4.69) is 15.6 Å². The molecule has 0 spiro atoms. The van der Waals surface area contributed by atoms with E-state index in [1.807, 2.05) is 0 Å². The average molecular weight is 359 g/mol. The number of nitro benzene ring substituents is 1. The summed E-state index contributed by atoms with van der Waals surface area (Å²) in [6.07, 6.45) is 1.28. The molecule has 2 aromatic rings. The van der Waals surface area contributed by atoms with E-state index in [0.29, 0.717) is 16.3 Å². The number of non-ortho nitro benzene ring substituents is 1. The van der Waals surface area contributed by atoms with Gasteiger partial charge in [0.25, 0.3) is 17.5 Å². The van der Waals surface area contributed by atoms with E-state index in [4.69, 9.17) is 11.6 Å². The average Bonchev–Trinajstić information content (AvgIpc) is 2.74. The second kappa shape index (κ2) is 6.70. The number of nitro groups is 1. The summed E-state index contributed by atoms with van der Waals surface area (Å²) in [5, 5.41) is 16.4. The van der Waals surface area contributed by atoms with Crippen molar-refractivity contribution in [1.29, 1.82) is 0 Å². The van der Waals surface area contributed by atoms with Gasteiger partial charge in [-0.05, 0) is 30.3 Å². The molecule has 1 heterocycles.